The summed E-state index contributed by atoms with van der Waals surface area (Å²) in [6, 6.07) is 15.9. The Morgan fingerprint density at radius 3 is 1.36 bits per heavy atom. The van der Waals surface area contributed by atoms with Gasteiger partial charge >= 0.3 is 11.9 Å². The van der Waals surface area contributed by atoms with Gasteiger partial charge in [-0.3, -0.25) is 0 Å². The molecule has 0 N–H and O–H groups in total. The third-order valence-electron chi connectivity index (χ3n) is 4.84. The van der Waals surface area contributed by atoms with Gasteiger partial charge in [0.25, 0.3) is 0 Å². The van der Waals surface area contributed by atoms with E-state index >= 15 is 0 Å². The van der Waals surface area contributed by atoms with Gasteiger partial charge in [-0.1, -0.05) is 44.3 Å². The van der Waals surface area contributed by atoms with Gasteiger partial charge in [0.05, 0.1) is 0 Å². The second kappa shape index (κ2) is 13.1. The molecule has 176 valence electrons. The molecule has 0 aromatic heterocycles. The zero-order valence-corrected chi connectivity index (χ0v) is 19.6. The summed E-state index contributed by atoms with van der Waals surface area (Å²) in [4.78, 5) is 22.7. The zero-order valence-electron chi connectivity index (χ0n) is 19.6. The number of hydrogen-bond acceptors (Lipinski definition) is 6. The molecule has 0 atom stereocenters. The van der Waals surface area contributed by atoms with Crippen molar-refractivity contribution in [3.8, 4) is 11.5 Å². The van der Waals surface area contributed by atoms with E-state index in [1.54, 1.807) is 13.8 Å². The van der Waals surface area contributed by atoms with E-state index in [1.165, 1.54) is 11.1 Å². The van der Waals surface area contributed by atoms with Crippen molar-refractivity contribution >= 4 is 11.9 Å². The minimum Gasteiger partial charge on any atom is -0.490 e. The molecule has 0 aliphatic heterocycles. The van der Waals surface area contributed by atoms with Gasteiger partial charge in [0.1, 0.15) is 37.9 Å². The second-order valence-corrected chi connectivity index (χ2v) is 7.63. The number of carbonyl (C=O) groups is 2. The maximum absolute atomic E-state index is 11.4. The Kier molecular flexibility index (Phi) is 10.2. The smallest absolute Gasteiger partial charge is 0.333 e. The van der Waals surface area contributed by atoms with E-state index in [1.807, 2.05) is 48.5 Å². The minimum atomic E-state index is -0.414. The summed E-state index contributed by atoms with van der Waals surface area (Å²) in [5.41, 5.74) is 3.10. The van der Waals surface area contributed by atoms with Crippen LogP contribution in [0, 0.1) is 0 Å². The Morgan fingerprint density at radius 1 is 0.697 bits per heavy atom. The topological polar surface area (TPSA) is 71.1 Å². The van der Waals surface area contributed by atoms with Crippen LogP contribution in [0.3, 0.4) is 0 Å². The van der Waals surface area contributed by atoms with E-state index in [-0.39, 0.29) is 32.3 Å². The van der Waals surface area contributed by atoms with E-state index in [2.05, 4.69) is 20.1 Å². The lowest BCUT2D eigenvalue weighted by molar-refractivity contribution is -0.140. The Hall–Kier alpha value is -3.54. The van der Waals surface area contributed by atoms with Crippen molar-refractivity contribution in [1.29, 1.82) is 0 Å². The van der Waals surface area contributed by atoms with Crippen molar-refractivity contribution in [3.63, 3.8) is 0 Å². The average molecular weight is 453 g/mol. The van der Waals surface area contributed by atoms with Crippen LogP contribution in [0.2, 0.25) is 0 Å². The summed E-state index contributed by atoms with van der Waals surface area (Å²) in [6.07, 6.45) is 0.939. The highest BCUT2D eigenvalue weighted by Gasteiger charge is 2.13. The fourth-order valence-corrected chi connectivity index (χ4v) is 3.09. The van der Waals surface area contributed by atoms with Crippen molar-refractivity contribution in [1.82, 2.24) is 0 Å². The maximum atomic E-state index is 11.4. The molecular weight excluding hydrogens is 420 g/mol. The molecule has 0 aliphatic rings. The maximum Gasteiger partial charge on any atom is 0.333 e. The third kappa shape index (κ3) is 8.48. The lowest BCUT2D eigenvalue weighted by Gasteiger charge is -2.17. The molecule has 0 spiro atoms. The molecule has 0 heterocycles. The Labute approximate surface area is 195 Å². The summed E-state index contributed by atoms with van der Waals surface area (Å²) in [5, 5.41) is 0. The van der Waals surface area contributed by atoms with Crippen LogP contribution in [0.1, 0.15) is 44.2 Å². The quantitative estimate of drug-likeness (QED) is 0.236. The molecule has 0 radical (unpaired) electrons. The molecule has 0 bridgehead atoms. The molecule has 0 amide bonds. The van der Waals surface area contributed by atoms with Crippen LogP contribution in [-0.2, 0) is 19.1 Å². The predicted molar refractivity (Wildman–Crippen MR) is 128 cm³/mol. The number of benzene rings is 2. The first kappa shape index (κ1) is 25.7. The monoisotopic (exact) mass is 452 g/mol. The minimum absolute atomic E-state index is 0.176. The van der Waals surface area contributed by atoms with E-state index in [4.69, 9.17) is 18.9 Å². The lowest BCUT2D eigenvalue weighted by Crippen LogP contribution is -2.12. The van der Waals surface area contributed by atoms with Crippen LogP contribution in [-0.4, -0.2) is 38.4 Å². The molecule has 0 saturated heterocycles. The van der Waals surface area contributed by atoms with Crippen molar-refractivity contribution in [2.45, 2.75) is 33.1 Å². The fraction of sp³-hybridized carbons (Fsp3) is 0.333. The highest BCUT2D eigenvalue weighted by molar-refractivity contribution is 5.87. The summed E-state index contributed by atoms with van der Waals surface area (Å²) < 4.78 is 21.3. The predicted octanol–water partition coefficient (Wildman–Crippen LogP) is 5.22. The lowest BCUT2D eigenvalue weighted by atomic mass is 9.89. The number of esters is 2. The summed E-state index contributed by atoms with van der Waals surface area (Å²) in [7, 11) is 0. The first-order chi connectivity index (χ1) is 15.8. The molecule has 33 heavy (non-hydrogen) atoms. The van der Waals surface area contributed by atoms with Gasteiger partial charge < -0.3 is 18.9 Å². The largest absolute Gasteiger partial charge is 0.490 e. The number of rotatable bonds is 13. The molecule has 0 fully saturated rings. The molecule has 2 aromatic rings. The SMILES string of the molecule is C=C(C)C(=O)OCCOc1ccc(C(CC)c2ccc(OCCOC(=O)C(=C)C)cc2)cc1. The van der Waals surface area contributed by atoms with Crippen molar-refractivity contribution < 1.29 is 28.5 Å². The molecule has 0 unspecified atom stereocenters. The van der Waals surface area contributed by atoms with Crippen molar-refractivity contribution in [2.75, 3.05) is 26.4 Å². The van der Waals surface area contributed by atoms with E-state index < -0.39 is 11.9 Å². The van der Waals surface area contributed by atoms with Crippen LogP contribution >= 0.6 is 0 Å². The second-order valence-electron chi connectivity index (χ2n) is 7.63. The molecular formula is C27H32O6. The highest BCUT2D eigenvalue weighted by atomic mass is 16.6. The molecule has 2 aromatic carbocycles. The molecule has 0 saturated carbocycles. The highest BCUT2D eigenvalue weighted by Crippen LogP contribution is 2.30. The van der Waals surface area contributed by atoms with Crippen LogP contribution in [0.15, 0.2) is 72.8 Å². The van der Waals surface area contributed by atoms with Gasteiger partial charge in [-0.15, -0.1) is 0 Å². The number of ether oxygens (including phenoxy) is 4. The molecule has 6 nitrogen and oxygen atoms in total. The zero-order chi connectivity index (χ0) is 24.2. The van der Waals surface area contributed by atoms with Crippen molar-refractivity contribution in [2.24, 2.45) is 0 Å². The first-order valence-electron chi connectivity index (χ1n) is 10.9. The van der Waals surface area contributed by atoms with Crippen molar-refractivity contribution in [3.05, 3.63) is 84.0 Å². The van der Waals surface area contributed by atoms with Crippen LogP contribution in [0.25, 0.3) is 0 Å². The van der Waals surface area contributed by atoms with Crippen LogP contribution in [0.4, 0.5) is 0 Å². The van der Waals surface area contributed by atoms with Gasteiger partial charge in [0.2, 0.25) is 0 Å². The van der Waals surface area contributed by atoms with Gasteiger partial charge in [0.15, 0.2) is 0 Å². The first-order valence-corrected chi connectivity index (χ1v) is 10.9. The Bertz CT molecular complexity index is 866. The third-order valence-corrected chi connectivity index (χ3v) is 4.84. The molecule has 0 aliphatic carbocycles. The normalized spacial score (nSPS) is 10.4. The standard InChI is InChI=1S/C27H32O6/c1-6-25(21-7-11-23(12-8-21)30-15-17-32-26(28)19(2)3)22-9-13-24(14-10-22)31-16-18-33-27(29)20(4)5/h7-14,25H,2,4,6,15-18H2,1,3,5H3. The number of hydrogen-bond donors (Lipinski definition) is 0. The fourth-order valence-electron chi connectivity index (χ4n) is 3.09. The van der Waals surface area contributed by atoms with Gasteiger partial charge in [0, 0.05) is 17.1 Å². The Balaban J connectivity index is 1.86. The molecule has 2 rings (SSSR count). The van der Waals surface area contributed by atoms with Gasteiger partial charge in [-0.05, 0) is 55.7 Å². The van der Waals surface area contributed by atoms with Gasteiger partial charge in [-0.25, -0.2) is 9.59 Å². The Morgan fingerprint density at radius 2 is 1.06 bits per heavy atom. The summed E-state index contributed by atoms with van der Waals surface area (Å²) in [5.74, 6) is 0.845. The average Bonchev–Trinajstić information content (AvgIpc) is 2.81. The molecule has 6 heteroatoms. The van der Waals surface area contributed by atoms with E-state index in [0.717, 1.165) is 17.9 Å². The van der Waals surface area contributed by atoms with Crippen LogP contribution in [0.5, 0.6) is 11.5 Å². The van der Waals surface area contributed by atoms with Gasteiger partial charge in [-0.2, -0.15) is 0 Å². The summed E-state index contributed by atoms with van der Waals surface area (Å²) >= 11 is 0. The summed E-state index contributed by atoms with van der Waals surface area (Å²) in [6.45, 7) is 13.4. The number of carbonyl (C=O) groups excluding carboxylic acids is 2. The van der Waals surface area contributed by atoms with E-state index in [9.17, 15) is 9.59 Å². The van der Waals surface area contributed by atoms with E-state index in [0.29, 0.717) is 11.1 Å². The van der Waals surface area contributed by atoms with Crippen LogP contribution < -0.4 is 9.47 Å².